The van der Waals surface area contributed by atoms with Gasteiger partial charge in [-0.1, -0.05) is 40.2 Å². The molecule has 0 radical (unpaired) electrons. The van der Waals surface area contributed by atoms with Gasteiger partial charge in [0.2, 0.25) is 0 Å². The third-order valence-electron chi connectivity index (χ3n) is 2.65. The number of carbonyl (C=O) groups excluding carboxylic acids is 2. The molecule has 0 aliphatic carbocycles. The van der Waals surface area contributed by atoms with Crippen molar-refractivity contribution in [3.63, 3.8) is 0 Å². The number of nitrogens with one attached hydrogen (secondary N) is 2. The van der Waals surface area contributed by atoms with Crippen LogP contribution in [-0.4, -0.2) is 18.4 Å². The fourth-order valence-corrected chi connectivity index (χ4v) is 2.23. The van der Waals surface area contributed by atoms with Gasteiger partial charge >= 0.3 is 11.8 Å². The largest absolute Gasteiger partial charge is 0.335 e. The van der Waals surface area contributed by atoms with E-state index in [1.807, 2.05) is 24.3 Å². The summed E-state index contributed by atoms with van der Waals surface area (Å²) in [5, 5.41) is 14.8. The van der Waals surface area contributed by atoms with E-state index in [0.717, 1.165) is 15.2 Å². The summed E-state index contributed by atoms with van der Waals surface area (Å²) in [5.41, 5.74) is 0.543. The molecule has 2 amide bonds. The van der Waals surface area contributed by atoms with Crippen LogP contribution >= 0.6 is 15.9 Å². The molecule has 0 heterocycles. The molecule has 0 bridgehead atoms. The number of nitrogens with zero attached hydrogens (tertiary/aromatic N) is 1. The minimum absolute atomic E-state index is 0.201. The van der Waals surface area contributed by atoms with Crippen LogP contribution in [-0.2, 0) is 9.59 Å². The number of rotatable bonds is 2. The predicted molar refractivity (Wildman–Crippen MR) is 78.9 cm³/mol. The molecule has 2 N–H and O–H groups in total. The van der Waals surface area contributed by atoms with E-state index in [-0.39, 0.29) is 6.54 Å². The number of hydrogen-bond acceptors (Lipinski definition) is 3. The highest BCUT2D eigenvalue weighted by atomic mass is 79.9. The van der Waals surface area contributed by atoms with Crippen LogP contribution in [0.3, 0.4) is 0 Å². The highest BCUT2D eigenvalue weighted by Gasteiger charge is 2.14. The first-order valence-electron chi connectivity index (χ1n) is 5.77. The Bertz CT molecular complexity index is 722. The summed E-state index contributed by atoms with van der Waals surface area (Å²) in [6.07, 6.45) is 0. The molecule has 0 fully saturated rings. The second-order valence-corrected chi connectivity index (χ2v) is 4.79. The Hall–Kier alpha value is -2.39. The fraction of sp³-hybridized carbons (Fsp3) is 0.0714. The van der Waals surface area contributed by atoms with Crippen molar-refractivity contribution < 1.29 is 9.59 Å². The van der Waals surface area contributed by atoms with E-state index in [0.29, 0.717) is 5.69 Å². The lowest BCUT2D eigenvalue weighted by Crippen LogP contribution is -2.35. The molecule has 0 aliphatic rings. The van der Waals surface area contributed by atoms with E-state index < -0.39 is 11.8 Å². The predicted octanol–water partition coefficient (Wildman–Crippen LogP) is 2.18. The number of carbonyl (C=O) groups is 2. The monoisotopic (exact) mass is 331 g/mol. The van der Waals surface area contributed by atoms with Crippen LogP contribution in [0.1, 0.15) is 0 Å². The van der Waals surface area contributed by atoms with E-state index in [9.17, 15) is 9.59 Å². The standard InChI is InChI=1S/C14H10BrN3O2/c15-11-5-6-12(10-4-2-1-3-9(10)11)18-14(20)13(19)17-8-7-16/h1-6H,8H2,(H,17,19)(H,18,20). The van der Waals surface area contributed by atoms with Crippen molar-refractivity contribution >= 4 is 44.2 Å². The first-order valence-corrected chi connectivity index (χ1v) is 6.56. The number of anilines is 1. The number of hydrogen-bond donors (Lipinski definition) is 2. The second-order valence-electron chi connectivity index (χ2n) is 3.94. The van der Waals surface area contributed by atoms with E-state index in [1.165, 1.54) is 0 Å². The van der Waals surface area contributed by atoms with E-state index in [2.05, 4.69) is 26.6 Å². The van der Waals surface area contributed by atoms with E-state index >= 15 is 0 Å². The zero-order valence-electron chi connectivity index (χ0n) is 10.3. The second kappa shape index (κ2) is 6.17. The minimum Gasteiger partial charge on any atom is -0.335 e. The fourth-order valence-electron chi connectivity index (χ4n) is 1.75. The summed E-state index contributed by atoms with van der Waals surface area (Å²) < 4.78 is 0.903. The molecule has 6 heteroatoms. The Morgan fingerprint density at radius 3 is 2.50 bits per heavy atom. The average molecular weight is 332 g/mol. The van der Waals surface area contributed by atoms with Crippen molar-refractivity contribution in [3.8, 4) is 6.07 Å². The van der Waals surface area contributed by atoms with Crippen LogP contribution in [0.15, 0.2) is 40.9 Å². The van der Waals surface area contributed by atoms with Crippen LogP contribution in [0.4, 0.5) is 5.69 Å². The molecule has 2 rings (SSSR count). The number of amides is 2. The van der Waals surface area contributed by atoms with Gasteiger partial charge in [0.25, 0.3) is 0 Å². The molecule has 5 nitrogen and oxygen atoms in total. The number of fused-ring (bicyclic) bond motifs is 1. The van der Waals surface area contributed by atoms with Gasteiger partial charge in [-0.05, 0) is 17.5 Å². The summed E-state index contributed by atoms with van der Waals surface area (Å²) in [6.45, 7) is -0.201. The van der Waals surface area contributed by atoms with Gasteiger partial charge in [0.15, 0.2) is 0 Å². The van der Waals surface area contributed by atoms with E-state index in [1.54, 1.807) is 18.2 Å². The normalized spacial score (nSPS) is 9.80. The summed E-state index contributed by atoms with van der Waals surface area (Å²) in [5.74, 6) is -1.63. The van der Waals surface area contributed by atoms with E-state index in [4.69, 9.17) is 5.26 Å². The lowest BCUT2D eigenvalue weighted by Gasteiger charge is -2.09. The van der Waals surface area contributed by atoms with Crippen molar-refractivity contribution in [1.29, 1.82) is 5.26 Å². The average Bonchev–Trinajstić information content (AvgIpc) is 2.47. The Labute approximate surface area is 123 Å². The van der Waals surface area contributed by atoms with Gasteiger partial charge in [-0.25, -0.2) is 0 Å². The molecule has 2 aromatic carbocycles. The third-order valence-corrected chi connectivity index (χ3v) is 3.34. The first-order chi connectivity index (χ1) is 9.63. The maximum absolute atomic E-state index is 11.7. The highest BCUT2D eigenvalue weighted by molar-refractivity contribution is 9.10. The maximum Gasteiger partial charge on any atom is 0.313 e. The Balaban J connectivity index is 2.27. The Morgan fingerprint density at radius 1 is 1.10 bits per heavy atom. The Kier molecular flexibility index (Phi) is 4.33. The number of benzene rings is 2. The molecule has 0 aliphatic heterocycles. The molecule has 0 atom stereocenters. The van der Waals surface area contributed by atoms with Crippen molar-refractivity contribution in [3.05, 3.63) is 40.9 Å². The lowest BCUT2D eigenvalue weighted by molar-refractivity contribution is -0.136. The van der Waals surface area contributed by atoms with Crippen LogP contribution in [0.5, 0.6) is 0 Å². The third kappa shape index (κ3) is 2.95. The molecule has 0 saturated carbocycles. The van der Waals surface area contributed by atoms with Gasteiger partial charge in [-0.2, -0.15) is 5.26 Å². The summed E-state index contributed by atoms with van der Waals surface area (Å²) in [6, 6.07) is 12.7. The van der Waals surface area contributed by atoms with Gasteiger partial charge in [0.05, 0.1) is 6.07 Å². The zero-order valence-corrected chi connectivity index (χ0v) is 11.9. The summed E-state index contributed by atoms with van der Waals surface area (Å²) >= 11 is 3.43. The molecule has 0 aromatic heterocycles. The summed E-state index contributed by atoms with van der Waals surface area (Å²) in [7, 11) is 0. The van der Waals surface area contributed by atoms with Crippen molar-refractivity contribution in [2.45, 2.75) is 0 Å². The SMILES string of the molecule is N#CCNC(=O)C(=O)Nc1ccc(Br)c2ccccc12. The van der Waals surface area contributed by atoms with Gasteiger partial charge in [0, 0.05) is 15.5 Å². The van der Waals surface area contributed by atoms with Crippen LogP contribution in [0, 0.1) is 11.3 Å². The molecular weight excluding hydrogens is 322 g/mol. The van der Waals surface area contributed by atoms with Gasteiger partial charge in [0.1, 0.15) is 6.54 Å². The molecule has 0 saturated heterocycles. The molecular formula is C14H10BrN3O2. The lowest BCUT2D eigenvalue weighted by atomic mass is 10.1. The zero-order chi connectivity index (χ0) is 14.5. The molecule has 100 valence electrons. The highest BCUT2D eigenvalue weighted by Crippen LogP contribution is 2.29. The minimum atomic E-state index is -0.835. The Morgan fingerprint density at radius 2 is 1.80 bits per heavy atom. The molecule has 20 heavy (non-hydrogen) atoms. The van der Waals surface area contributed by atoms with Crippen molar-refractivity contribution in [1.82, 2.24) is 5.32 Å². The smallest absolute Gasteiger partial charge is 0.313 e. The number of nitriles is 1. The van der Waals surface area contributed by atoms with Crippen LogP contribution in [0.25, 0.3) is 10.8 Å². The topological polar surface area (TPSA) is 82.0 Å². The summed E-state index contributed by atoms with van der Waals surface area (Å²) in [4.78, 5) is 23.1. The van der Waals surface area contributed by atoms with Gasteiger partial charge in [-0.15, -0.1) is 0 Å². The van der Waals surface area contributed by atoms with Gasteiger partial charge < -0.3 is 10.6 Å². The maximum atomic E-state index is 11.7. The van der Waals surface area contributed by atoms with Gasteiger partial charge in [-0.3, -0.25) is 9.59 Å². The molecule has 0 unspecified atom stereocenters. The molecule has 0 spiro atoms. The van der Waals surface area contributed by atoms with Crippen LogP contribution < -0.4 is 10.6 Å². The first kappa shape index (κ1) is 14.0. The number of halogens is 1. The molecule has 2 aromatic rings. The van der Waals surface area contributed by atoms with Crippen molar-refractivity contribution in [2.24, 2.45) is 0 Å². The van der Waals surface area contributed by atoms with Crippen molar-refractivity contribution in [2.75, 3.05) is 11.9 Å². The quantitative estimate of drug-likeness (QED) is 0.653. The van der Waals surface area contributed by atoms with Crippen LogP contribution in [0.2, 0.25) is 0 Å².